The number of benzene rings is 1. The van der Waals surface area contributed by atoms with E-state index in [0.717, 1.165) is 49.2 Å². The largest absolute Gasteiger partial charge is 0.322 e. The lowest BCUT2D eigenvalue weighted by atomic mass is 10.1. The minimum Gasteiger partial charge on any atom is -0.322 e. The molecule has 0 fully saturated rings. The molecule has 3 rings (SSSR count). The number of rotatable bonds is 3. The third-order valence-corrected chi connectivity index (χ3v) is 4.30. The Hall–Kier alpha value is -2.44. The van der Waals surface area contributed by atoms with Gasteiger partial charge < -0.3 is 10.2 Å². The Morgan fingerprint density at radius 1 is 1.29 bits per heavy atom. The van der Waals surface area contributed by atoms with Crippen LogP contribution in [0.1, 0.15) is 36.2 Å². The van der Waals surface area contributed by atoms with Crippen LogP contribution in [0.4, 0.5) is 19.3 Å². The van der Waals surface area contributed by atoms with Gasteiger partial charge in [-0.3, -0.25) is 5.10 Å². The number of halogens is 2. The van der Waals surface area contributed by atoms with Crippen molar-refractivity contribution in [2.45, 2.75) is 38.6 Å². The molecule has 0 unspecified atom stereocenters. The quantitative estimate of drug-likeness (QED) is 0.842. The van der Waals surface area contributed by atoms with Gasteiger partial charge in [0, 0.05) is 18.8 Å². The number of nitrogens with one attached hydrogen (secondary N) is 2. The number of anilines is 1. The first-order chi connectivity index (χ1) is 11.5. The highest BCUT2D eigenvalue weighted by Gasteiger charge is 2.19. The first kappa shape index (κ1) is 16.4. The summed E-state index contributed by atoms with van der Waals surface area (Å²) in [6.07, 6.45) is 5.41. The number of carbonyl (C=O) groups is 1. The average Bonchev–Trinajstić information content (AvgIpc) is 2.78. The predicted octanol–water partition coefficient (Wildman–Crippen LogP) is 3.62. The van der Waals surface area contributed by atoms with Crippen molar-refractivity contribution in [3.63, 3.8) is 0 Å². The second-order valence-corrected chi connectivity index (χ2v) is 6.10. The molecule has 1 heterocycles. The number of fused-ring (bicyclic) bond motifs is 1. The number of aromatic nitrogens is 2. The molecule has 7 heteroatoms. The molecule has 0 radical (unpaired) electrons. The molecular weight excluding hydrogens is 314 g/mol. The van der Waals surface area contributed by atoms with Crippen molar-refractivity contribution in [1.82, 2.24) is 15.1 Å². The minimum atomic E-state index is -0.801. The van der Waals surface area contributed by atoms with E-state index >= 15 is 0 Å². The predicted molar refractivity (Wildman–Crippen MR) is 86.7 cm³/mol. The van der Waals surface area contributed by atoms with Gasteiger partial charge in [0.15, 0.2) is 0 Å². The molecule has 2 N–H and O–H groups in total. The van der Waals surface area contributed by atoms with E-state index in [2.05, 4.69) is 15.5 Å². The number of aryl methyl sites for hydroxylation is 1. The summed E-state index contributed by atoms with van der Waals surface area (Å²) in [6.45, 7) is 0.334. The van der Waals surface area contributed by atoms with Crippen LogP contribution in [0.15, 0.2) is 18.2 Å². The summed E-state index contributed by atoms with van der Waals surface area (Å²) in [4.78, 5) is 13.7. The zero-order valence-corrected chi connectivity index (χ0v) is 13.5. The van der Waals surface area contributed by atoms with E-state index in [1.165, 1.54) is 23.0 Å². The molecule has 0 bridgehead atoms. The van der Waals surface area contributed by atoms with E-state index in [4.69, 9.17) is 0 Å². The molecule has 0 aliphatic heterocycles. The van der Waals surface area contributed by atoms with Gasteiger partial charge in [0.2, 0.25) is 0 Å². The number of aromatic amines is 1. The van der Waals surface area contributed by atoms with Gasteiger partial charge in [-0.15, -0.1) is 0 Å². The third-order valence-electron chi connectivity index (χ3n) is 4.30. The SMILES string of the molecule is CN(Cc1n[nH]c2c1CCCCC2)C(=O)Nc1ccc(F)cc1F. The summed E-state index contributed by atoms with van der Waals surface area (Å²) in [5.74, 6) is -1.48. The van der Waals surface area contributed by atoms with E-state index < -0.39 is 17.7 Å². The van der Waals surface area contributed by atoms with Crippen LogP contribution in [0, 0.1) is 11.6 Å². The summed E-state index contributed by atoms with van der Waals surface area (Å²) in [7, 11) is 1.62. The third kappa shape index (κ3) is 3.55. The molecule has 0 spiro atoms. The molecule has 1 aliphatic carbocycles. The Morgan fingerprint density at radius 3 is 2.88 bits per heavy atom. The fraction of sp³-hybridized carbons (Fsp3) is 0.412. The molecule has 24 heavy (non-hydrogen) atoms. The number of hydrogen-bond acceptors (Lipinski definition) is 2. The summed E-state index contributed by atoms with van der Waals surface area (Å²) in [6, 6.07) is 2.58. The van der Waals surface area contributed by atoms with E-state index in [-0.39, 0.29) is 5.69 Å². The van der Waals surface area contributed by atoms with E-state index in [9.17, 15) is 13.6 Å². The number of amides is 2. The van der Waals surface area contributed by atoms with Crippen molar-refractivity contribution in [3.8, 4) is 0 Å². The number of hydrogen-bond donors (Lipinski definition) is 2. The Bertz CT molecular complexity index is 744. The fourth-order valence-corrected chi connectivity index (χ4v) is 2.96. The molecule has 0 saturated carbocycles. The van der Waals surface area contributed by atoms with Gasteiger partial charge in [-0.2, -0.15) is 5.10 Å². The van der Waals surface area contributed by atoms with Gasteiger partial charge in [0.1, 0.15) is 11.6 Å². The van der Waals surface area contributed by atoms with Crippen molar-refractivity contribution in [1.29, 1.82) is 0 Å². The number of nitrogens with zero attached hydrogens (tertiary/aromatic N) is 2. The van der Waals surface area contributed by atoms with E-state index in [1.54, 1.807) is 7.05 Å². The Kier molecular flexibility index (Phi) is 4.78. The Labute approximate surface area is 139 Å². The first-order valence-electron chi connectivity index (χ1n) is 8.07. The molecule has 1 aromatic heterocycles. The van der Waals surface area contributed by atoms with Crippen LogP contribution in [0.2, 0.25) is 0 Å². The highest BCUT2D eigenvalue weighted by molar-refractivity contribution is 5.89. The maximum Gasteiger partial charge on any atom is 0.322 e. The lowest BCUT2D eigenvalue weighted by molar-refractivity contribution is 0.220. The second kappa shape index (κ2) is 6.98. The van der Waals surface area contributed by atoms with Gasteiger partial charge in [-0.05, 0) is 43.4 Å². The molecule has 1 aliphatic rings. The molecule has 2 aromatic rings. The molecular formula is C17H20F2N4O. The normalized spacial score (nSPS) is 14.0. The summed E-state index contributed by atoms with van der Waals surface area (Å²) in [5.41, 5.74) is 3.15. The van der Waals surface area contributed by atoms with Crippen LogP contribution >= 0.6 is 0 Å². The van der Waals surface area contributed by atoms with Crippen LogP contribution in [0.25, 0.3) is 0 Å². The standard InChI is InChI=1S/C17H20F2N4O/c1-23(17(24)20-15-8-7-11(18)9-13(15)19)10-16-12-5-3-2-4-6-14(12)21-22-16/h7-9H,2-6,10H2,1H3,(H,20,24)(H,21,22). The first-order valence-corrected chi connectivity index (χ1v) is 8.07. The van der Waals surface area contributed by atoms with Crippen LogP contribution in [-0.4, -0.2) is 28.2 Å². The lowest BCUT2D eigenvalue weighted by Gasteiger charge is -2.18. The van der Waals surface area contributed by atoms with Gasteiger partial charge in [0.05, 0.1) is 17.9 Å². The molecule has 5 nitrogen and oxygen atoms in total. The fourth-order valence-electron chi connectivity index (χ4n) is 2.96. The van der Waals surface area contributed by atoms with Crippen LogP contribution in [0.3, 0.4) is 0 Å². The van der Waals surface area contributed by atoms with Crippen molar-refractivity contribution in [2.24, 2.45) is 0 Å². The van der Waals surface area contributed by atoms with Crippen molar-refractivity contribution < 1.29 is 13.6 Å². The van der Waals surface area contributed by atoms with Crippen molar-refractivity contribution in [2.75, 3.05) is 12.4 Å². The molecule has 128 valence electrons. The van der Waals surface area contributed by atoms with E-state index in [1.807, 2.05) is 0 Å². The highest BCUT2D eigenvalue weighted by Crippen LogP contribution is 2.22. The molecule has 2 amide bonds. The smallest absolute Gasteiger partial charge is 0.322 e. The monoisotopic (exact) mass is 334 g/mol. The Morgan fingerprint density at radius 2 is 2.08 bits per heavy atom. The van der Waals surface area contributed by atoms with Crippen LogP contribution in [0.5, 0.6) is 0 Å². The minimum absolute atomic E-state index is 0.0471. The molecule has 0 atom stereocenters. The van der Waals surface area contributed by atoms with Gasteiger partial charge in [0.25, 0.3) is 0 Å². The average molecular weight is 334 g/mol. The van der Waals surface area contributed by atoms with Crippen molar-refractivity contribution >= 4 is 11.7 Å². The topological polar surface area (TPSA) is 61.0 Å². The maximum absolute atomic E-state index is 13.6. The van der Waals surface area contributed by atoms with Gasteiger partial charge >= 0.3 is 6.03 Å². The van der Waals surface area contributed by atoms with Crippen LogP contribution in [-0.2, 0) is 19.4 Å². The van der Waals surface area contributed by atoms with Crippen LogP contribution < -0.4 is 5.32 Å². The summed E-state index contributed by atoms with van der Waals surface area (Å²) < 4.78 is 26.5. The maximum atomic E-state index is 13.6. The number of carbonyl (C=O) groups excluding carboxylic acids is 1. The lowest BCUT2D eigenvalue weighted by Crippen LogP contribution is -2.31. The van der Waals surface area contributed by atoms with Gasteiger partial charge in [-0.1, -0.05) is 6.42 Å². The molecule has 1 aromatic carbocycles. The Balaban J connectivity index is 1.67. The summed E-state index contributed by atoms with van der Waals surface area (Å²) >= 11 is 0. The highest BCUT2D eigenvalue weighted by atomic mass is 19.1. The summed E-state index contributed by atoms with van der Waals surface area (Å²) in [5, 5.41) is 9.84. The zero-order valence-electron chi connectivity index (χ0n) is 13.5. The zero-order chi connectivity index (χ0) is 17.1. The second-order valence-electron chi connectivity index (χ2n) is 6.10. The molecule has 0 saturated heterocycles. The number of urea groups is 1. The van der Waals surface area contributed by atoms with E-state index in [0.29, 0.717) is 6.54 Å². The number of H-pyrrole nitrogens is 1. The van der Waals surface area contributed by atoms with Crippen molar-refractivity contribution in [3.05, 3.63) is 46.8 Å². The van der Waals surface area contributed by atoms with Gasteiger partial charge in [-0.25, -0.2) is 13.6 Å².